The summed E-state index contributed by atoms with van der Waals surface area (Å²) in [5, 5.41) is 3.79. The molecule has 1 saturated heterocycles. The molecular weight excluding hydrogens is 292 g/mol. The maximum Gasteiger partial charge on any atom is 0.289 e. The van der Waals surface area contributed by atoms with E-state index in [-0.39, 0.29) is 11.3 Å². The van der Waals surface area contributed by atoms with E-state index in [2.05, 4.69) is 26.1 Å². The van der Waals surface area contributed by atoms with Crippen LogP contribution in [0.3, 0.4) is 0 Å². The number of ether oxygens (including phenoxy) is 1. The van der Waals surface area contributed by atoms with Crippen molar-refractivity contribution in [3.63, 3.8) is 0 Å². The highest BCUT2D eigenvalue weighted by Crippen LogP contribution is 2.43. The number of nitrogens with zero attached hydrogens (tertiary/aromatic N) is 1. The number of amides is 1. The van der Waals surface area contributed by atoms with Gasteiger partial charge in [0.15, 0.2) is 5.76 Å². The fourth-order valence-corrected chi connectivity index (χ4v) is 3.74. The zero-order valence-corrected chi connectivity index (χ0v) is 14.4. The van der Waals surface area contributed by atoms with Crippen molar-refractivity contribution in [3.8, 4) is 0 Å². The molecule has 0 radical (unpaired) electrons. The van der Waals surface area contributed by atoms with Crippen molar-refractivity contribution < 1.29 is 13.9 Å². The minimum Gasteiger partial charge on any atom is -0.459 e. The average Bonchev–Trinajstić information content (AvgIpc) is 3.08. The smallest absolute Gasteiger partial charge is 0.289 e. The Morgan fingerprint density at radius 2 is 2.17 bits per heavy atom. The molecule has 1 aromatic rings. The molecule has 2 atom stereocenters. The van der Waals surface area contributed by atoms with Crippen LogP contribution in [0.4, 0.5) is 0 Å². The summed E-state index contributed by atoms with van der Waals surface area (Å²) in [6, 6.07) is 4.49. The van der Waals surface area contributed by atoms with E-state index in [0.29, 0.717) is 23.9 Å². The molecule has 1 aliphatic heterocycles. The molecule has 2 heterocycles. The predicted molar refractivity (Wildman–Crippen MR) is 88.4 cm³/mol. The van der Waals surface area contributed by atoms with Crippen molar-refractivity contribution in [2.75, 3.05) is 19.7 Å². The second-order valence-corrected chi connectivity index (χ2v) is 7.26. The summed E-state index contributed by atoms with van der Waals surface area (Å²) in [6.45, 7) is 8.99. The first-order valence-electron chi connectivity index (χ1n) is 8.72. The Balaban J connectivity index is 1.46. The fraction of sp³-hybridized carbons (Fsp3) is 0.722. The van der Waals surface area contributed by atoms with Crippen LogP contribution in [-0.2, 0) is 4.74 Å². The van der Waals surface area contributed by atoms with Gasteiger partial charge in [0.05, 0.1) is 12.4 Å². The number of carbonyl (C=O) groups excluding carboxylic acids is 1. The average molecular weight is 320 g/mol. The van der Waals surface area contributed by atoms with E-state index in [1.165, 1.54) is 0 Å². The second-order valence-electron chi connectivity index (χ2n) is 7.26. The Morgan fingerprint density at radius 1 is 1.43 bits per heavy atom. The molecular formula is C18H28N2O3. The molecule has 0 spiro atoms. The molecule has 2 fully saturated rings. The van der Waals surface area contributed by atoms with E-state index in [1.54, 1.807) is 18.4 Å². The van der Waals surface area contributed by atoms with E-state index in [4.69, 9.17) is 9.15 Å². The van der Waals surface area contributed by atoms with Gasteiger partial charge in [0.25, 0.3) is 5.91 Å². The molecule has 3 rings (SSSR count). The molecule has 23 heavy (non-hydrogen) atoms. The Bertz CT molecular complexity index is 518. The van der Waals surface area contributed by atoms with E-state index in [9.17, 15) is 4.79 Å². The molecule has 1 aromatic heterocycles. The zero-order valence-electron chi connectivity index (χ0n) is 14.4. The maximum absolute atomic E-state index is 12.3. The lowest BCUT2D eigenvalue weighted by Gasteiger charge is -2.53. The largest absolute Gasteiger partial charge is 0.459 e. The van der Waals surface area contributed by atoms with Crippen molar-refractivity contribution in [1.29, 1.82) is 0 Å². The van der Waals surface area contributed by atoms with Crippen molar-refractivity contribution >= 4 is 5.91 Å². The number of carbonyl (C=O) groups is 1. The van der Waals surface area contributed by atoms with Gasteiger partial charge in [-0.2, -0.15) is 0 Å². The molecule has 1 aliphatic carbocycles. The minimum absolute atomic E-state index is 0.00818. The third-order valence-electron chi connectivity index (χ3n) is 5.50. The number of hydrogen-bond acceptors (Lipinski definition) is 4. The third-order valence-corrected chi connectivity index (χ3v) is 5.50. The van der Waals surface area contributed by atoms with E-state index >= 15 is 0 Å². The Kier molecular flexibility index (Phi) is 4.78. The number of likely N-dealkylation sites (tertiary alicyclic amines) is 1. The van der Waals surface area contributed by atoms with Gasteiger partial charge in [-0.1, -0.05) is 13.8 Å². The monoisotopic (exact) mass is 320 g/mol. The lowest BCUT2D eigenvalue weighted by molar-refractivity contribution is -0.117. The molecule has 128 valence electrons. The first kappa shape index (κ1) is 16.5. The SMILES string of the molecule is CCO[C@H]1C[C@H](NC2CCN(C(=O)c3ccco3)CC2)C1(C)C. The van der Waals surface area contributed by atoms with Gasteiger partial charge >= 0.3 is 0 Å². The molecule has 0 unspecified atom stereocenters. The summed E-state index contributed by atoms with van der Waals surface area (Å²) in [7, 11) is 0. The van der Waals surface area contributed by atoms with Crippen LogP contribution in [0.1, 0.15) is 50.6 Å². The fourth-order valence-electron chi connectivity index (χ4n) is 3.74. The normalized spacial score (nSPS) is 27.7. The quantitative estimate of drug-likeness (QED) is 0.906. The summed E-state index contributed by atoms with van der Waals surface area (Å²) in [5.41, 5.74) is 0.192. The van der Waals surface area contributed by atoms with E-state index in [1.807, 2.05) is 4.90 Å². The van der Waals surface area contributed by atoms with Crippen LogP contribution in [0.25, 0.3) is 0 Å². The molecule has 2 aliphatic rings. The van der Waals surface area contributed by atoms with Crippen molar-refractivity contribution in [2.24, 2.45) is 5.41 Å². The molecule has 0 bridgehead atoms. The summed E-state index contributed by atoms with van der Waals surface area (Å²) < 4.78 is 11.0. The van der Waals surface area contributed by atoms with Crippen molar-refractivity contribution in [3.05, 3.63) is 24.2 Å². The van der Waals surface area contributed by atoms with Gasteiger partial charge in [-0.15, -0.1) is 0 Å². The highest BCUT2D eigenvalue weighted by molar-refractivity contribution is 5.91. The molecule has 5 nitrogen and oxygen atoms in total. The Morgan fingerprint density at radius 3 is 2.74 bits per heavy atom. The van der Waals surface area contributed by atoms with Gasteiger partial charge in [-0.05, 0) is 38.3 Å². The topological polar surface area (TPSA) is 54.7 Å². The highest BCUT2D eigenvalue weighted by Gasteiger charge is 2.49. The predicted octanol–water partition coefficient (Wildman–Crippen LogP) is 2.68. The molecule has 1 amide bonds. The van der Waals surface area contributed by atoms with Crippen LogP contribution in [-0.4, -0.2) is 48.7 Å². The molecule has 0 aromatic carbocycles. The Hall–Kier alpha value is -1.33. The summed E-state index contributed by atoms with van der Waals surface area (Å²) in [4.78, 5) is 14.2. The summed E-state index contributed by atoms with van der Waals surface area (Å²) >= 11 is 0. The lowest BCUT2D eigenvalue weighted by Crippen LogP contribution is -2.63. The first-order chi connectivity index (χ1) is 11.0. The Labute approximate surface area is 138 Å². The standard InChI is InChI=1S/C18H28N2O3/c1-4-22-16-12-15(18(16,2)3)19-13-7-9-20(10-8-13)17(21)14-6-5-11-23-14/h5-6,11,13,15-16,19H,4,7-10,12H2,1-3H3/t15-,16-/m0/s1. The number of nitrogens with one attached hydrogen (secondary N) is 1. The van der Waals surface area contributed by atoms with E-state index in [0.717, 1.165) is 39.0 Å². The van der Waals surface area contributed by atoms with Crippen LogP contribution in [0, 0.1) is 5.41 Å². The third kappa shape index (κ3) is 3.31. The van der Waals surface area contributed by atoms with Crippen molar-refractivity contribution in [2.45, 2.75) is 58.2 Å². The molecule has 1 saturated carbocycles. The van der Waals surface area contributed by atoms with Crippen LogP contribution < -0.4 is 5.32 Å². The van der Waals surface area contributed by atoms with E-state index < -0.39 is 0 Å². The van der Waals surface area contributed by atoms with Gasteiger partial charge in [0.1, 0.15) is 0 Å². The van der Waals surface area contributed by atoms with Gasteiger partial charge in [0, 0.05) is 37.2 Å². The molecule has 1 N–H and O–H groups in total. The lowest BCUT2D eigenvalue weighted by atomic mass is 9.64. The number of furan rings is 1. The summed E-state index contributed by atoms with van der Waals surface area (Å²) in [5.74, 6) is 0.449. The maximum atomic E-state index is 12.3. The first-order valence-corrected chi connectivity index (χ1v) is 8.72. The second kappa shape index (κ2) is 6.65. The number of piperidine rings is 1. The van der Waals surface area contributed by atoms with Crippen molar-refractivity contribution in [1.82, 2.24) is 10.2 Å². The van der Waals surface area contributed by atoms with Gasteiger partial charge in [0.2, 0.25) is 0 Å². The van der Waals surface area contributed by atoms with Crippen LogP contribution in [0.5, 0.6) is 0 Å². The number of rotatable bonds is 5. The highest BCUT2D eigenvalue weighted by atomic mass is 16.5. The summed E-state index contributed by atoms with van der Waals surface area (Å²) in [6.07, 6.45) is 5.00. The minimum atomic E-state index is 0.00818. The van der Waals surface area contributed by atoms with Gasteiger partial charge in [-0.3, -0.25) is 4.79 Å². The van der Waals surface area contributed by atoms with Crippen LogP contribution in [0.15, 0.2) is 22.8 Å². The molecule has 5 heteroatoms. The van der Waals surface area contributed by atoms with Gasteiger partial charge < -0.3 is 19.4 Å². The van der Waals surface area contributed by atoms with Crippen LogP contribution >= 0.6 is 0 Å². The van der Waals surface area contributed by atoms with Crippen LogP contribution in [0.2, 0.25) is 0 Å². The number of hydrogen-bond donors (Lipinski definition) is 1. The zero-order chi connectivity index (χ0) is 16.4. The van der Waals surface area contributed by atoms with Gasteiger partial charge in [-0.25, -0.2) is 0 Å².